The number of hydrogen-bond donors (Lipinski definition) is 3. The first-order valence-electron chi connectivity index (χ1n) is 6.32. The number of nitrogens with one attached hydrogen (secondary N) is 1. The Balaban J connectivity index is 2.62. The quantitative estimate of drug-likeness (QED) is 0.313. The second-order valence-corrected chi connectivity index (χ2v) is 4.99. The van der Waals surface area contributed by atoms with Gasteiger partial charge in [0.05, 0.1) is 0 Å². The molecule has 1 aromatic rings. The molecular weight excluding hydrogens is 226 g/mol. The maximum absolute atomic E-state index is 8.74. The smallest absolute Gasteiger partial charge is 0.170 e. The molecule has 0 saturated heterocycles. The summed E-state index contributed by atoms with van der Waals surface area (Å²) < 4.78 is 0. The third-order valence-electron chi connectivity index (χ3n) is 3.32. The normalized spacial score (nSPS) is 13.9. The summed E-state index contributed by atoms with van der Waals surface area (Å²) in [7, 11) is 0. The van der Waals surface area contributed by atoms with E-state index in [2.05, 4.69) is 31.2 Å². The van der Waals surface area contributed by atoms with Crippen LogP contribution in [0.15, 0.2) is 29.4 Å². The lowest BCUT2D eigenvalue weighted by Crippen LogP contribution is -2.25. The number of hydrogen-bond acceptors (Lipinski definition) is 3. The molecule has 1 rings (SSSR count). The maximum atomic E-state index is 8.74. The summed E-state index contributed by atoms with van der Waals surface area (Å²) in [6, 6.07) is 7.68. The van der Waals surface area contributed by atoms with Crippen LogP contribution in [0.5, 0.6) is 0 Å². The van der Waals surface area contributed by atoms with Crippen molar-refractivity contribution < 1.29 is 5.21 Å². The Labute approximate surface area is 109 Å². The van der Waals surface area contributed by atoms with E-state index >= 15 is 0 Å². The van der Waals surface area contributed by atoms with E-state index in [4.69, 9.17) is 10.9 Å². The molecule has 4 heteroatoms. The first-order chi connectivity index (χ1) is 8.56. The molecule has 0 aromatic heterocycles. The Morgan fingerprint density at radius 2 is 2.00 bits per heavy atom. The highest BCUT2D eigenvalue weighted by Gasteiger charge is 2.08. The Morgan fingerprint density at radius 1 is 1.33 bits per heavy atom. The van der Waals surface area contributed by atoms with E-state index in [-0.39, 0.29) is 5.84 Å². The zero-order valence-electron chi connectivity index (χ0n) is 11.4. The van der Waals surface area contributed by atoms with E-state index in [0.717, 1.165) is 24.2 Å². The third-order valence-corrected chi connectivity index (χ3v) is 3.32. The largest absolute Gasteiger partial charge is 0.409 e. The van der Waals surface area contributed by atoms with Gasteiger partial charge in [0.2, 0.25) is 0 Å². The SMILES string of the molecule is CC(C)C(C)CNCc1ccccc1C(N)=NO. The molecule has 0 amide bonds. The molecule has 0 heterocycles. The summed E-state index contributed by atoms with van der Waals surface area (Å²) in [5.41, 5.74) is 7.47. The number of amidine groups is 1. The number of benzene rings is 1. The Kier molecular flexibility index (Phi) is 5.65. The summed E-state index contributed by atoms with van der Waals surface area (Å²) in [6.07, 6.45) is 0. The predicted octanol–water partition coefficient (Wildman–Crippen LogP) is 2.16. The average molecular weight is 249 g/mol. The predicted molar refractivity (Wildman–Crippen MR) is 74.7 cm³/mol. The van der Waals surface area contributed by atoms with Gasteiger partial charge in [0.1, 0.15) is 0 Å². The van der Waals surface area contributed by atoms with Crippen molar-refractivity contribution in [2.75, 3.05) is 6.54 Å². The second kappa shape index (κ2) is 7.01. The fourth-order valence-corrected chi connectivity index (χ4v) is 1.65. The molecule has 1 atom stereocenters. The van der Waals surface area contributed by atoms with Gasteiger partial charge in [0, 0.05) is 12.1 Å². The molecule has 1 aromatic carbocycles. The molecular formula is C14H23N3O. The summed E-state index contributed by atoms with van der Waals surface area (Å²) in [5, 5.41) is 15.2. The Bertz CT molecular complexity index is 402. The van der Waals surface area contributed by atoms with Crippen molar-refractivity contribution in [2.24, 2.45) is 22.7 Å². The first-order valence-corrected chi connectivity index (χ1v) is 6.32. The van der Waals surface area contributed by atoms with Crippen molar-refractivity contribution in [3.63, 3.8) is 0 Å². The van der Waals surface area contributed by atoms with Crippen molar-refractivity contribution in [1.82, 2.24) is 5.32 Å². The maximum Gasteiger partial charge on any atom is 0.170 e. The number of nitrogens with zero attached hydrogens (tertiary/aromatic N) is 1. The lowest BCUT2D eigenvalue weighted by Gasteiger charge is -2.17. The molecule has 0 radical (unpaired) electrons. The highest BCUT2D eigenvalue weighted by molar-refractivity contribution is 5.98. The fourth-order valence-electron chi connectivity index (χ4n) is 1.65. The molecule has 0 fully saturated rings. The fraction of sp³-hybridized carbons (Fsp3) is 0.500. The van der Waals surface area contributed by atoms with E-state index in [9.17, 15) is 0 Å². The number of nitrogens with two attached hydrogens (primary N) is 1. The van der Waals surface area contributed by atoms with Gasteiger partial charge in [-0.05, 0) is 23.9 Å². The molecule has 0 aliphatic heterocycles. The van der Waals surface area contributed by atoms with Crippen molar-refractivity contribution in [2.45, 2.75) is 27.3 Å². The van der Waals surface area contributed by atoms with Crippen LogP contribution in [0, 0.1) is 11.8 Å². The summed E-state index contributed by atoms with van der Waals surface area (Å²) in [4.78, 5) is 0. The van der Waals surface area contributed by atoms with E-state index in [1.54, 1.807) is 0 Å². The Hall–Kier alpha value is -1.55. The second-order valence-electron chi connectivity index (χ2n) is 4.99. The standard InChI is InChI=1S/C14H23N3O/c1-10(2)11(3)8-16-9-12-6-4-5-7-13(12)14(15)17-18/h4-7,10-11,16,18H,8-9H2,1-3H3,(H2,15,17). The van der Waals surface area contributed by atoms with Gasteiger partial charge >= 0.3 is 0 Å². The van der Waals surface area contributed by atoms with Gasteiger partial charge in [-0.1, -0.05) is 50.2 Å². The van der Waals surface area contributed by atoms with Gasteiger partial charge in [-0.3, -0.25) is 0 Å². The minimum Gasteiger partial charge on any atom is -0.409 e. The molecule has 0 bridgehead atoms. The van der Waals surface area contributed by atoms with Gasteiger partial charge in [-0.15, -0.1) is 0 Å². The molecule has 0 aliphatic carbocycles. The molecule has 0 aliphatic rings. The van der Waals surface area contributed by atoms with Crippen LogP contribution in [-0.2, 0) is 6.54 Å². The van der Waals surface area contributed by atoms with Gasteiger partial charge < -0.3 is 16.3 Å². The summed E-state index contributed by atoms with van der Waals surface area (Å²) in [5.74, 6) is 1.45. The monoisotopic (exact) mass is 249 g/mol. The van der Waals surface area contributed by atoms with Crippen LogP contribution in [0.3, 0.4) is 0 Å². The van der Waals surface area contributed by atoms with E-state index in [1.807, 2.05) is 24.3 Å². The zero-order valence-corrected chi connectivity index (χ0v) is 11.4. The van der Waals surface area contributed by atoms with Crippen molar-refractivity contribution in [1.29, 1.82) is 0 Å². The lowest BCUT2D eigenvalue weighted by molar-refractivity contribution is 0.318. The Morgan fingerprint density at radius 3 is 2.61 bits per heavy atom. The highest BCUT2D eigenvalue weighted by Crippen LogP contribution is 2.10. The minimum absolute atomic E-state index is 0.157. The molecule has 4 N–H and O–H groups in total. The third kappa shape index (κ3) is 4.04. The zero-order chi connectivity index (χ0) is 13.5. The van der Waals surface area contributed by atoms with E-state index in [0.29, 0.717) is 11.8 Å². The highest BCUT2D eigenvalue weighted by atomic mass is 16.4. The lowest BCUT2D eigenvalue weighted by atomic mass is 9.98. The van der Waals surface area contributed by atoms with Gasteiger partial charge in [-0.25, -0.2) is 0 Å². The van der Waals surface area contributed by atoms with Crippen LogP contribution < -0.4 is 11.1 Å². The minimum atomic E-state index is 0.157. The van der Waals surface area contributed by atoms with Gasteiger partial charge in [-0.2, -0.15) is 0 Å². The van der Waals surface area contributed by atoms with Crippen LogP contribution in [-0.4, -0.2) is 17.6 Å². The van der Waals surface area contributed by atoms with Crippen molar-refractivity contribution in [3.05, 3.63) is 35.4 Å². The number of rotatable bonds is 6. The van der Waals surface area contributed by atoms with Crippen LogP contribution in [0.2, 0.25) is 0 Å². The molecule has 100 valence electrons. The van der Waals surface area contributed by atoms with Crippen LogP contribution in [0.4, 0.5) is 0 Å². The van der Waals surface area contributed by atoms with Gasteiger partial charge in [0.25, 0.3) is 0 Å². The number of oxime groups is 1. The molecule has 1 unspecified atom stereocenters. The summed E-state index contributed by atoms with van der Waals surface area (Å²) >= 11 is 0. The van der Waals surface area contributed by atoms with Crippen molar-refractivity contribution in [3.8, 4) is 0 Å². The first kappa shape index (κ1) is 14.5. The molecule has 0 spiro atoms. The molecule has 0 saturated carbocycles. The molecule has 18 heavy (non-hydrogen) atoms. The van der Waals surface area contributed by atoms with Crippen molar-refractivity contribution >= 4 is 5.84 Å². The average Bonchev–Trinajstić information content (AvgIpc) is 2.38. The van der Waals surface area contributed by atoms with Crippen LogP contribution in [0.25, 0.3) is 0 Å². The topological polar surface area (TPSA) is 70.6 Å². The van der Waals surface area contributed by atoms with Crippen LogP contribution >= 0.6 is 0 Å². The van der Waals surface area contributed by atoms with Gasteiger partial charge in [0.15, 0.2) is 5.84 Å². The van der Waals surface area contributed by atoms with E-state index in [1.165, 1.54) is 0 Å². The summed E-state index contributed by atoms with van der Waals surface area (Å²) in [6.45, 7) is 8.35. The van der Waals surface area contributed by atoms with E-state index < -0.39 is 0 Å². The molecule has 4 nitrogen and oxygen atoms in total. The van der Waals surface area contributed by atoms with Crippen LogP contribution in [0.1, 0.15) is 31.9 Å².